The zero-order chi connectivity index (χ0) is 11.2. The molecule has 1 spiro atoms. The van der Waals surface area contributed by atoms with E-state index in [-0.39, 0.29) is 11.8 Å². The van der Waals surface area contributed by atoms with E-state index in [1.165, 1.54) is 0 Å². The highest BCUT2D eigenvalue weighted by Gasteiger charge is 2.49. The van der Waals surface area contributed by atoms with Crippen LogP contribution in [0.25, 0.3) is 0 Å². The maximum Gasteiger partial charge on any atom is 0.316 e. The summed E-state index contributed by atoms with van der Waals surface area (Å²) >= 11 is 0. The normalized spacial score (nSPS) is 28.0. The molecule has 0 saturated carbocycles. The first kappa shape index (κ1) is 9.58. The number of carbonyl (C=O) groups excluding carboxylic acids is 2. The Balaban J connectivity index is 2.21. The van der Waals surface area contributed by atoms with Crippen LogP contribution < -0.4 is 0 Å². The Bertz CT molecular complexity index is 478. The van der Waals surface area contributed by atoms with Crippen molar-refractivity contribution in [2.75, 3.05) is 6.61 Å². The Kier molecular flexibility index (Phi) is 1.90. The third-order valence-electron chi connectivity index (χ3n) is 3.67. The molecule has 82 valence electrons. The molecular weight excluding hydrogens is 204 g/mol. The highest BCUT2D eigenvalue weighted by molar-refractivity contribution is 6.02. The van der Waals surface area contributed by atoms with Gasteiger partial charge in [-0.25, -0.2) is 0 Å². The number of rotatable bonds is 0. The van der Waals surface area contributed by atoms with Gasteiger partial charge < -0.3 is 4.74 Å². The van der Waals surface area contributed by atoms with E-state index >= 15 is 0 Å². The standard InChI is InChI=1S/C13H12O3/c14-11-5-6-13(7-8-16-12(13)15)10-4-2-1-3-9(10)11/h1-4H,5-8H2. The lowest BCUT2D eigenvalue weighted by atomic mass is 9.69. The van der Waals surface area contributed by atoms with E-state index in [0.29, 0.717) is 31.4 Å². The fourth-order valence-electron chi connectivity index (χ4n) is 2.77. The number of fused-ring (bicyclic) bond motifs is 2. The number of esters is 1. The molecule has 1 saturated heterocycles. The molecule has 1 aromatic rings. The van der Waals surface area contributed by atoms with Crippen LogP contribution in [0.5, 0.6) is 0 Å². The Labute approximate surface area is 93.4 Å². The second-order valence-corrected chi connectivity index (χ2v) is 4.44. The van der Waals surface area contributed by atoms with Crippen LogP contribution in [0.3, 0.4) is 0 Å². The van der Waals surface area contributed by atoms with Crippen molar-refractivity contribution in [3.63, 3.8) is 0 Å². The predicted octanol–water partition coefficient (Wildman–Crippen LogP) is 1.85. The van der Waals surface area contributed by atoms with E-state index in [4.69, 9.17) is 4.74 Å². The Morgan fingerprint density at radius 3 is 2.69 bits per heavy atom. The van der Waals surface area contributed by atoms with Crippen LogP contribution in [-0.2, 0) is 14.9 Å². The lowest BCUT2D eigenvalue weighted by Gasteiger charge is -2.30. The van der Waals surface area contributed by atoms with E-state index in [9.17, 15) is 9.59 Å². The van der Waals surface area contributed by atoms with Gasteiger partial charge in [0.1, 0.15) is 0 Å². The van der Waals surface area contributed by atoms with Gasteiger partial charge in [0.15, 0.2) is 5.78 Å². The monoisotopic (exact) mass is 216 g/mol. The van der Waals surface area contributed by atoms with E-state index in [2.05, 4.69) is 0 Å². The average Bonchev–Trinajstić information content (AvgIpc) is 2.67. The largest absolute Gasteiger partial charge is 0.465 e. The second-order valence-electron chi connectivity index (χ2n) is 4.44. The summed E-state index contributed by atoms with van der Waals surface area (Å²) in [4.78, 5) is 23.7. The minimum Gasteiger partial charge on any atom is -0.465 e. The first-order valence-corrected chi connectivity index (χ1v) is 5.54. The number of ketones is 1. The van der Waals surface area contributed by atoms with Gasteiger partial charge in [0, 0.05) is 18.4 Å². The van der Waals surface area contributed by atoms with Crippen molar-refractivity contribution < 1.29 is 14.3 Å². The third-order valence-corrected chi connectivity index (χ3v) is 3.67. The van der Waals surface area contributed by atoms with Gasteiger partial charge in [0.05, 0.1) is 12.0 Å². The molecule has 0 aromatic heterocycles. The molecule has 1 unspecified atom stereocenters. The van der Waals surface area contributed by atoms with E-state index in [0.717, 1.165) is 5.56 Å². The maximum atomic E-state index is 11.9. The van der Waals surface area contributed by atoms with Crippen molar-refractivity contribution in [2.24, 2.45) is 0 Å². The van der Waals surface area contributed by atoms with Gasteiger partial charge in [-0.3, -0.25) is 9.59 Å². The summed E-state index contributed by atoms with van der Waals surface area (Å²) in [6.45, 7) is 0.474. The van der Waals surface area contributed by atoms with Gasteiger partial charge in [-0.1, -0.05) is 24.3 Å². The molecular formula is C13H12O3. The third kappa shape index (κ3) is 1.08. The van der Waals surface area contributed by atoms with Crippen LogP contribution >= 0.6 is 0 Å². The van der Waals surface area contributed by atoms with Gasteiger partial charge >= 0.3 is 5.97 Å². The van der Waals surface area contributed by atoms with Crippen molar-refractivity contribution in [3.05, 3.63) is 35.4 Å². The molecule has 0 bridgehead atoms. The minimum atomic E-state index is -0.537. The molecule has 0 N–H and O–H groups in total. The summed E-state index contributed by atoms with van der Waals surface area (Å²) in [5.74, 6) is -0.0200. The molecule has 1 heterocycles. The fourth-order valence-corrected chi connectivity index (χ4v) is 2.77. The summed E-state index contributed by atoms with van der Waals surface area (Å²) in [5, 5.41) is 0. The highest BCUT2D eigenvalue weighted by atomic mass is 16.5. The topological polar surface area (TPSA) is 43.4 Å². The van der Waals surface area contributed by atoms with Gasteiger partial charge in [-0.05, 0) is 12.0 Å². The van der Waals surface area contributed by atoms with E-state index in [1.807, 2.05) is 24.3 Å². The molecule has 1 aliphatic heterocycles. The molecule has 1 aromatic carbocycles. The number of cyclic esters (lactones) is 1. The van der Waals surface area contributed by atoms with Crippen LogP contribution in [0.1, 0.15) is 35.2 Å². The maximum absolute atomic E-state index is 11.9. The molecule has 3 heteroatoms. The second kappa shape index (κ2) is 3.17. The quantitative estimate of drug-likeness (QED) is 0.621. The van der Waals surface area contributed by atoms with E-state index in [1.54, 1.807) is 0 Å². The first-order chi connectivity index (χ1) is 7.74. The van der Waals surface area contributed by atoms with Crippen molar-refractivity contribution in [3.8, 4) is 0 Å². The number of Topliss-reactive ketones (excluding diaryl/α,β-unsaturated/α-hetero) is 1. The number of hydrogen-bond donors (Lipinski definition) is 0. The number of hydrogen-bond acceptors (Lipinski definition) is 3. The summed E-state index contributed by atoms with van der Waals surface area (Å²) in [5.41, 5.74) is 1.03. The van der Waals surface area contributed by atoms with Crippen molar-refractivity contribution in [1.82, 2.24) is 0 Å². The Hall–Kier alpha value is -1.64. The summed E-state index contributed by atoms with van der Waals surface area (Å²) < 4.78 is 5.09. The molecule has 2 aliphatic rings. The number of ether oxygens (including phenoxy) is 1. The molecule has 16 heavy (non-hydrogen) atoms. The van der Waals surface area contributed by atoms with Gasteiger partial charge in [-0.2, -0.15) is 0 Å². The van der Waals surface area contributed by atoms with Crippen molar-refractivity contribution in [2.45, 2.75) is 24.7 Å². The molecule has 1 aliphatic carbocycles. The summed E-state index contributed by atoms with van der Waals surface area (Å²) in [7, 11) is 0. The SMILES string of the molecule is O=C1CCC2(CCOC2=O)c2ccccc21. The molecule has 3 rings (SSSR count). The zero-order valence-electron chi connectivity index (χ0n) is 8.86. The lowest BCUT2D eigenvalue weighted by molar-refractivity contribution is -0.143. The van der Waals surface area contributed by atoms with Crippen LogP contribution in [0, 0.1) is 0 Å². The van der Waals surface area contributed by atoms with Crippen LogP contribution in [0.4, 0.5) is 0 Å². The average molecular weight is 216 g/mol. The zero-order valence-corrected chi connectivity index (χ0v) is 8.86. The molecule has 1 fully saturated rings. The van der Waals surface area contributed by atoms with Crippen LogP contribution in [0.2, 0.25) is 0 Å². The lowest BCUT2D eigenvalue weighted by Crippen LogP contribution is -2.37. The smallest absolute Gasteiger partial charge is 0.316 e. The fraction of sp³-hybridized carbons (Fsp3) is 0.385. The molecule has 3 nitrogen and oxygen atoms in total. The predicted molar refractivity (Wildman–Crippen MR) is 57.3 cm³/mol. The first-order valence-electron chi connectivity index (χ1n) is 5.54. The minimum absolute atomic E-state index is 0.140. The van der Waals surface area contributed by atoms with Gasteiger partial charge in [0.25, 0.3) is 0 Å². The van der Waals surface area contributed by atoms with Gasteiger partial charge in [0.2, 0.25) is 0 Å². The highest BCUT2D eigenvalue weighted by Crippen LogP contribution is 2.43. The van der Waals surface area contributed by atoms with Crippen molar-refractivity contribution in [1.29, 1.82) is 0 Å². The molecule has 0 radical (unpaired) electrons. The van der Waals surface area contributed by atoms with Crippen molar-refractivity contribution >= 4 is 11.8 Å². The molecule has 0 amide bonds. The van der Waals surface area contributed by atoms with E-state index < -0.39 is 5.41 Å². The summed E-state index contributed by atoms with van der Waals surface area (Å²) in [6.07, 6.45) is 1.75. The van der Waals surface area contributed by atoms with Crippen LogP contribution in [0.15, 0.2) is 24.3 Å². The van der Waals surface area contributed by atoms with Gasteiger partial charge in [-0.15, -0.1) is 0 Å². The summed E-state index contributed by atoms with van der Waals surface area (Å²) in [6, 6.07) is 7.42. The Morgan fingerprint density at radius 1 is 1.12 bits per heavy atom. The molecule has 1 atom stereocenters. The Morgan fingerprint density at radius 2 is 1.94 bits per heavy atom. The number of carbonyl (C=O) groups is 2. The number of benzene rings is 1. The van der Waals surface area contributed by atoms with Crippen LogP contribution in [-0.4, -0.2) is 18.4 Å².